The molecule has 0 fully saturated rings. The average Bonchev–Trinajstić information content (AvgIpc) is 2.15. The van der Waals surface area contributed by atoms with Crippen molar-refractivity contribution < 1.29 is 23.8 Å². The number of rotatable bonds is 9. The van der Waals surface area contributed by atoms with E-state index in [1.54, 1.807) is 0 Å². The maximum absolute atomic E-state index is 10.9. The maximum atomic E-state index is 10.9. The molecule has 0 aromatic heterocycles. The monoisotopic (exact) mass is 218 g/mol. The zero-order chi connectivity index (χ0) is 11.5. The number of hydrogen-bond acceptors (Lipinski definition) is 5. The van der Waals surface area contributed by atoms with Gasteiger partial charge in [0.2, 0.25) is 0 Å². The van der Waals surface area contributed by atoms with Crippen molar-refractivity contribution >= 4 is 11.8 Å². The minimum atomic E-state index is -0.504. The van der Waals surface area contributed by atoms with Crippen molar-refractivity contribution in [1.82, 2.24) is 0 Å². The van der Waals surface area contributed by atoms with Crippen LogP contribution >= 0.6 is 0 Å². The van der Waals surface area contributed by atoms with Gasteiger partial charge in [-0.3, -0.25) is 9.59 Å². The topological polar surface area (TPSA) is 61.8 Å². The molecule has 5 heteroatoms. The molecule has 0 N–H and O–H groups in total. The van der Waals surface area contributed by atoms with E-state index < -0.39 is 5.97 Å². The van der Waals surface area contributed by atoms with Gasteiger partial charge in [-0.15, -0.1) is 0 Å². The van der Waals surface area contributed by atoms with Gasteiger partial charge in [-0.05, 0) is 13.8 Å². The van der Waals surface area contributed by atoms with Crippen LogP contribution in [0.25, 0.3) is 0 Å². The van der Waals surface area contributed by atoms with Gasteiger partial charge < -0.3 is 14.2 Å². The van der Waals surface area contributed by atoms with E-state index in [9.17, 15) is 9.59 Å². The van der Waals surface area contributed by atoms with Gasteiger partial charge in [0.15, 0.2) is 0 Å². The summed E-state index contributed by atoms with van der Waals surface area (Å²) in [6.45, 7) is 5.45. The fourth-order valence-corrected chi connectivity index (χ4v) is 0.833. The number of ketones is 1. The summed E-state index contributed by atoms with van der Waals surface area (Å²) < 4.78 is 14.9. The van der Waals surface area contributed by atoms with Crippen molar-refractivity contribution in [1.29, 1.82) is 0 Å². The molecular formula is C10H18O5. The molecule has 0 saturated carbocycles. The SMILES string of the molecule is CCOCCOCCOC(=O)CC(C)=O. The van der Waals surface area contributed by atoms with Gasteiger partial charge in [-0.1, -0.05) is 0 Å². The van der Waals surface area contributed by atoms with Gasteiger partial charge in [0, 0.05) is 6.61 Å². The van der Waals surface area contributed by atoms with Gasteiger partial charge in [-0.2, -0.15) is 0 Å². The number of esters is 1. The second-order valence-electron chi connectivity index (χ2n) is 2.91. The van der Waals surface area contributed by atoms with Crippen LogP contribution in [0.3, 0.4) is 0 Å². The quantitative estimate of drug-likeness (QED) is 0.321. The smallest absolute Gasteiger partial charge is 0.313 e. The van der Waals surface area contributed by atoms with E-state index in [1.165, 1.54) is 6.92 Å². The lowest BCUT2D eigenvalue weighted by atomic mass is 10.3. The average molecular weight is 218 g/mol. The lowest BCUT2D eigenvalue weighted by molar-refractivity contribution is -0.147. The molecule has 0 aliphatic rings. The zero-order valence-corrected chi connectivity index (χ0v) is 9.28. The second kappa shape index (κ2) is 9.61. The first-order chi connectivity index (χ1) is 7.16. The molecule has 5 nitrogen and oxygen atoms in total. The molecule has 88 valence electrons. The Bertz CT molecular complexity index is 190. The molecular weight excluding hydrogens is 200 g/mol. The summed E-state index contributed by atoms with van der Waals surface area (Å²) in [4.78, 5) is 21.4. The Morgan fingerprint density at radius 2 is 1.60 bits per heavy atom. The molecule has 0 aromatic carbocycles. The maximum Gasteiger partial charge on any atom is 0.313 e. The van der Waals surface area contributed by atoms with Crippen molar-refractivity contribution in [2.24, 2.45) is 0 Å². The van der Waals surface area contributed by atoms with Crippen LogP contribution in [0.2, 0.25) is 0 Å². The molecule has 0 rings (SSSR count). The van der Waals surface area contributed by atoms with Crippen LogP contribution in [-0.2, 0) is 23.8 Å². The third-order valence-corrected chi connectivity index (χ3v) is 1.46. The summed E-state index contributed by atoms with van der Waals surface area (Å²) in [5.74, 6) is -0.701. The molecule has 0 saturated heterocycles. The standard InChI is InChI=1S/C10H18O5/c1-3-13-4-5-14-6-7-15-10(12)8-9(2)11/h3-8H2,1-2H3. The Morgan fingerprint density at radius 3 is 2.20 bits per heavy atom. The van der Waals surface area contributed by atoms with Crippen LogP contribution in [-0.4, -0.2) is 44.8 Å². The summed E-state index contributed by atoms with van der Waals surface area (Å²) in [6, 6.07) is 0. The predicted octanol–water partition coefficient (Wildman–Crippen LogP) is 0.562. The highest BCUT2D eigenvalue weighted by atomic mass is 16.6. The first-order valence-electron chi connectivity index (χ1n) is 4.97. The van der Waals surface area contributed by atoms with Gasteiger partial charge in [0.1, 0.15) is 18.8 Å². The fourth-order valence-electron chi connectivity index (χ4n) is 0.833. The first-order valence-corrected chi connectivity index (χ1v) is 4.97. The first kappa shape index (κ1) is 14.1. The van der Waals surface area contributed by atoms with Gasteiger partial charge in [0.25, 0.3) is 0 Å². The minimum Gasteiger partial charge on any atom is -0.463 e. The molecule has 0 amide bonds. The van der Waals surface area contributed by atoms with E-state index in [2.05, 4.69) is 0 Å². The Kier molecular flexibility index (Phi) is 9.01. The number of carbonyl (C=O) groups excluding carboxylic acids is 2. The Morgan fingerprint density at radius 1 is 1.00 bits per heavy atom. The van der Waals surface area contributed by atoms with E-state index in [4.69, 9.17) is 14.2 Å². The lowest BCUT2D eigenvalue weighted by Gasteiger charge is -2.05. The third kappa shape index (κ3) is 11.0. The van der Waals surface area contributed by atoms with Crippen molar-refractivity contribution in [2.75, 3.05) is 33.0 Å². The van der Waals surface area contributed by atoms with Crippen molar-refractivity contribution in [3.8, 4) is 0 Å². The van der Waals surface area contributed by atoms with Gasteiger partial charge in [-0.25, -0.2) is 0 Å². The molecule has 0 spiro atoms. The predicted molar refractivity (Wildman–Crippen MR) is 53.6 cm³/mol. The zero-order valence-electron chi connectivity index (χ0n) is 9.28. The summed E-state index contributed by atoms with van der Waals surface area (Å²) in [7, 11) is 0. The molecule has 0 bridgehead atoms. The summed E-state index contributed by atoms with van der Waals surface area (Å²) >= 11 is 0. The van der Waals surface area contributed by atoms with Crippen molar-refractivity contribution in [2.45, 2.75) is 20.3 Å². The van der Waals surface area contributed by atoms with Crippen LogP contribution in [0.15, 0.2) is 0 Å². The summed E-state index contributed by atoms with van der Waals surface area (Å²) in [6.07, 6.45) is -0.168. The van der Waals surface area contributed by atoms with Gasteiger partial charge in [0.05, 0.1) is 19.8 Å². The number of ether oxygens (including phenoxy) is 3. The van der Waals surface area contributed by atoms with E-state index in [-0.39, 0.29) is 18.8 Å². The molecule has 0 aliphatic heterocycles. The molecule has 0 heterocycles. The Balaban J connectivity index is 3.16. The molecule has 0 radical (unpaired) electrons. The largest absolute Gasteiger partial charge is 0.463 e. The van der Waals surface area contributed by atoms with Crippen molar-refractivity contribution in [3.63, 3.8) is 0 Å². The number of hydrogen-bond donors (Lipinski definition) is 0. The van der Waals surface area contributed by atoms with Gasteiger partial charge >= 0.3 is 5.97 Å². The van der Waals surface area contributed by atoms with E-state index >= 15 is 0 Å². The molecule has 0 aliphatic carbocycles. The third-order valence-electron chi connectivity index (χ3n) is 1.46. The van der Waals surface area contributed by atoms with Crippen molar-refractivity contribution in [3.05, 3.63) is 0 Å². The van der Waals surface area contributed by atoms with E-state index in [0.29, 0.717) is 26.4 Å². The van der Waals surface area contributed by atoms with Crippen LogP contribution in [0.4, 0.5) is 0 Å². The summed E-state index contributed by atoms with van der Waals surface area (Å²) in [5, 5.41) is 0. The lowest BCUT2D eigenvalue weighted by Crippen LogP contribution is -2.14. The fraction of sp³-hybridized carbons (Fsp3) is 0.800. The molecule has 0 atom stereocenters. The highest BCUT2D eigenvalue weighted by Crippen LogP contribution is 1.88. The van der Waals surface area contributed by atoms with Crippen LogP contribution in [0.5, 0.6) is 0 Å². The minimum absolute atomic E-state index is 0.168. The normalized spacial score (nSPS) is 10.0. The highest BCUT2D eigenvalue weighted by molar-refractivity contribution is 5.94. The highest BCUT2D eigenvalue weighted by Gasteiger charge is 2.05. The van der Waals surface area contributed by atoms with Crippen LogP contribution < -0.4 is 0 Å². The molecule has 0 aromatic rings. The molecule has 15 heavy (non-hydrogen) atoms. The Labute approximate surface area is 89.7 Å². The summed E-state index contributed by atoms with van der Waals surface area (Å²) in [5.41, 5.74) is 0. The number of Topliss-reactive ketones (excluding diaryl/α,β-unsaturated/α-hetero) is 1. The molecule has 0 unspecified atom stereocenters. The Hall–Kier alpha value is -0.940. The van der Waals surface area contributed by atoms with E-state index in [1.807, 2.05) is 6.92 Å². The van der Waals surface area contributed by atoms with E-state index in [0.717, 1.165) is 0 Å². The van der Waals surface area contributed by atoms with Crippen LogP contribution in [0.1, 0.15) is 20.3 Å². The van der Waals surface area contributed by atoms with Crippen LogP contribution in [0, 0.1) is 0 Å². The second-order valence-corrected chi connectivity index (χ2v) is 2.91. The number of carbonyl (C=O) groups is 2.